The molecular weight excluding hydrogens is 250 g/mol. The van der Waals surface area contributed by atoms with Gasteiger partial charge in [-0.15, -0.1) is 0 Å². The molecule has 0 amide bonds. The molecule has 1 N–H and O–H groups in total. The molecule has 1 saturated carbocycles. The van der Waals surface area contributed by atoms with E-state index >= 15 is 0 Å². The number of hydrogen-bond acceptors (Lipinski definition) is 3. The van der Waals surface area contributed by atoms with Crippen LogP contribution in [0.4, 0.5) is 0 Å². The van der Waals surface area contributed by atoms with Crippen molar-refractivity contribution in [2.24, 2.45) is 11.3 Å². The molecule has 2 unspecified atom stereocenters. The molecular formula is C17H25NO2. The van der Waals surface area contributed by atoms with E-state index in [0.29, 0.717) is 18.2 Å². The van der Waals surface area contributed by atoms with Crippen molar-refractivity contribution in [3.63, 3.8) is 0 Å². The number of hydrogen-bond donors (Lipinski definition) is 1. The third-order valence-electron chi connectivity index (χ3n) is 4.42. The Morgan fingerprint density at radius 1 is 1.20 bits per heavy atom. The number of rotatable bonds is 3. The third kappa shape index (κ3) is 3.09. The summed E-state index contributed by atoms with van der Waals surface area (Å²) in [7, 11) is 0. The standard InChI is InChI=1S/C17H25NO2/c1-12-6-14(9-17(2,3)8-12)18-10-13-4-5-15-16(7-13)20-11-19-15/h4-5,7,12,14,18H,6,8-11H2,1-3H3. The van der Waals surface area contributed by atoms with Crippen molar-refractivity contribution in [1.82, 2.24) is 5.32 Å². The molecule has 3 rings (SSSR count). The van der Waals surface area contributed by atoms with E-state index in [1.807, 2.05) is 6.07 Å². The third-order valence-corrected chi connectivity index (χ3v) is 4.42. The summed E-state index contributed by atoms with van der Waals surface area (Å²) in [6.45, 7) is 8.40. The monoisotopic (exact) mass is 275 g/mol. The molecule has 3 heteroatoms. The minimum absolute atomic E-state index is 0.348. The maximum absolute atomic E-state index is 5.43. The van der Waals surface area contributed by atoms with Crippen LogP contribution >= 0.6 is 0 Å². The topological polar surface area (TPSA) is 30.5 Å². The van der Waals surface area contributed by atoms with Gasteiger partial charge in [0.15, 0.2) is 11.5 Å². The van der Waals surface area contributed by atoms with Crippen LogP contribution in [0.5, 0.6) is 11.5 Å². The first kappa shape index (κ1) is 13.7. The highest BCUT2D eigenvalue weighted by atomic mass is 16.7. The summed E-state index contributed by atoms with van der Waals surface area (Å²) in [5.41, 5.74) is 1.73. The van der Waals surface area contributed by atoms with Gasteiger partial charge >= 0.3 is 0 Å². The zero-order chi connectivity index (χ0) is 14.2. The normalized spacial score (nSPS) is 27.6. The lowest BCUT2D eigenvalue weighted by molar-refractivity contribution is 0.151. The predicted octanol–water partition coefficient (Wildman–Crippen LogP) is 3.72. The van der Waals surface area contributed by atoms with Crippen molar-refractivity contribution >= 4 is 0 Å². The van der Waals surface area contributed by atoms with Crippen LogP contribution < -0.4 is 14.8 Å². The summed E-state index contributed by atoms with van der Waals surface area (Å²) in [6, 6.07) is 6.84. The fraction of sp³-hybridized carbons (Fsp3) is 0.647. The smallest absolute Gasteiger partial charge is 0.231 e. The summed E-state index contributed by atoms with van der Waals surface area (Å²) < 4.78 is 10.8. The van der Waals surface area contributed by atoms with Gasteiger partial charge in [0.2, 0.25) is 6.79 Å². The molecule has 1 aromatic rings. The predicted molar refractivity (Wildman–Crippen MR) is 80.0 cm³/mol. The molecule has 0 bridgehead atoms. The fourth-order valence-electron chi connectivity index (χ4n) is 3.81. The van der Waals surface area contributed by atoms with Gasteiger partial charge in [0.1, 0.15) is 0 Å². The lowest BCUT2D eigenvalue weighted by atomic mass is 9.70. The van der Waals surface area contributed by atoms with Crippen LogP contribution in [-0.2, 0) is 6.54 Å². The number of nitrogens with one attached hydrogen (secondary N) is 1. The van der Waals surface area contributed by atoms with Gasteiger partial charge in [-0.1, -0.05) is 26.8 Å². The van der Waals surface area contributed by atoms with Crippen molar-refractivity contribution < 1.29 is 9.47 Å². The van der Waals surface area contributed by atoms with E-state index in [9.17, 15) is 0 Å². The molecule has 3 nitrogen and oxygen atoms in total. The van der Waals surface area contributed by atoms with E-state index in [4.69, 9.17) is 9.47 Å². The zero-order valence-electron chi connectivity index (χ0n) is 12.7. The molecule has 0 spiro atoms. The van der Waals surface area contributed by atoms with Gasteiger partial charge in [-0.3, -0.25) is 0 Å². The van der Waals surface area contributed by atoms with Crippen molar-refractivity contribution in [2.45, 2.75) is 52.6 Å². The van der Waals surface area contributed by atoms with Crippen molar-refractivity contribution in [2.75, 3.05) is 6.79 Å². The second-order valence-electron chi connectivity index (χ2n) is 7.18. The molecule has 20 heavy (non-hydrogen) atoms. The molecule has 2 atom stereocenters. The number of fused-ring (bicyclic) bond motifs is 1. The van der Waals surface area contributed by atoms with Gasteiger partial charge < -0.3 is 14.8 Å². The van der Waals surface area contributed by atoms with Crippen LogP contribution in [-0.4, -0.2) is 12.8 Å². The minimum atomic E-state index is 0.348. The average molecular weight is 275 g/mol. The first-order valence-electron chi connectivity index (χ1n) is 7.64. The van der Waals surface area contributed by atoms with Crippen LogP contribution in [0, 0.1) is 11.3 Å². The lowest BCUT2D eigenvalue weighted by Gasteiger charge is -2.39. The van der Waals surface area contributed by atoms with Crippen LogP contribution in [0.1, 0.15) is 45.6 Å². The van der Waals surface area contributed by atoms with E-state index in [0.717, 1.165) is 24.0 Å². The SMILES string of the molecule is CC1CC(NCc2ccc3c(c2)OCO3)CC(C)(C)C1. The molecule has 0 aromatic heterocycles. The summed E-state index contributed by atoms with van der Waals surface area (Å²) in [6.07, 6.45) is 3.89. The van der Waals surface area contributed by atoms with Crippen LogP contribution in [0.3, 0.4) is 0 Å². The molecule has 110 valence electrons. The van der Waals surface area contributed by atoms with Crippen LogP contribution in [0.15, 0.2) is 18.2 Å². The van der Waals surface area contributed by atoms with Gasteiger partial charge in [-0.25, -0.2) is 0 Å². The second-order valence-corrected chi connectivity index (χ2v) is 7.18. The highest BCUT2D eigenvalue weighted by Crippen LogP contribution is 2.38. The first-order chi connectivity index (χ1) is 9.52. The second kappa shape index (κ2) is 5.28. The van der Waals surface area contributed by atoms with Gasteiger partial charge in [-0.05, 0) is 48.3 Å². The number of benzene rings is 1. The van der Waals surface area contributed by atoms with E-state index in [-0.39, 0.29) is 0 Å². The minimum Gasteiger partial charge on any atom is -0.454 e. The Kier molecular flexibility index (Phi) is 3.63. The fourth-order valence-corrected chi connectivity index (χ4v) is 3.81. The molecule has 1 fully saturated rings. The Hall–Kier alpha value is -1.22. The molecule has 1 aromatic carbocycles. The van der Waals surface area contributed by atoms with E-state index in [2.05, 4.69) is 38.2 Å². The highest BCUT2D eigenvalue weighted by Gasteiger charge is 2.31. The Balaban J connectivity index is 1.59. The maximum Gasteiger partial charge on any atom is 0.231 e. The Morgan fingerprint density at radius 2 is 2.00 bits per heavy atom. The largest absolute Gasteiger partial charge is 0.454 e. The first-order valence-corrected chi connectivity index (χ1v) is 7.64. The maximum atomic E-state index is 5.43. The number of ether oxygens (including phenoxy) is 2. The van der Waals surface area contributed by atoms with Gasteiger partial charge in [-0.2, -0.15) is 0 Å². The highest BCUT2D eigenvalue weighted by molar-refractivity contribution is 5.44. The van der Waals surface area contributed by atoms with Crippen molar-refractivity contribution in [3.05, 3.63) is 23.8 Å². The van der Waals surface area contributed by atoms with Gasteiger partial charge in [0, 0.05) is 12.6 Å². The molecule has 1 heterocycles. The van der Waals surface area contributed by atoms with Crippen molar-refractivity contribution in [3.8, 4) is 11.5 Å². The summed E-state index contributed by atoms with van der Waals surface area (Å²) >= 11 is 0. The summed E-state index contributed by atoms with van der Waals surface area (Å²) in [5, 5.41) is 3.72. The average Bonchev–Trinajstić information content (AvgIpc) is 2.81. The summed E-state index contributed by atoms with van der Waals surface area (Å²) in [5.74, 6) is 2.55. The zero-order valence-corrected chi connectivity index (χ0v) is 12.7. The molecule has 1 aliphatic carbocycles. The molecule has 0 radical (unpaired) electrons. The Labute approximate surface area is 121 Å². The van der Waals surface area contributed by atoms with Crippen molar-refractivity contribution in [1.29, 1.82) is 0 Å². The quantitative estimate of drug-likeness (QED) is 0.912. The Bertz CT molecular complexity index is 484. The Morgan fingerprint density at radius 3 is 2.80 bits per heavy atom. The molecule has 0 saturated heterocycles. The van der Waals surface area contributed by atoms with E-state index in [1.54, 1.807) is 0 Å². The van der Waals surface area contributed by atoms with Crippen LogP contribution in [0.2, 0.25) is 0 Å². The van der Waals surface area contributed by atoms with Gasteiger partial charge in [0.05, 0.1) is 0 Å². The van der Waals surface area contributed by atoms with E-state index in [1.165, 1.54) is 24.8 Å². The lowest BCUT2D eigenvalue weighted by Crippen LogP contribution is -2.39. The molecule has 2 aliphatic rings. The summed E-state index contributed by atoms with van der Waals surface area (Å²) in [4.78, 5) is 0. The van der Waals surface area contributed by atoms with E-state index < -0.39 is 0 Å². The van der Waals surface area contributed by atoms with Crippen LogP contribution in [0.25, 0.3) is 0 Å². The van der Waals surface area contributed by atoms with Gasteiger partial charge in [0.25, 0.3) is 0 Å². The molecule has 1 aliphatic heterocycles.